The van der Waals surface area contributed by atoms with E-state index in [2.05, 4.69) is 59.4 Å². The maximum Gasteiger partial charge on any atom is 0.0708 e. The largest absolute Gasteiger partial charge is 0.312 e. The predicted molar refractivity (Wildman–Crippen MR) is 79.2 cm³/mol. The summed E-state index contributed by atoms with van der Waals surface area (Å²) in [6.45, 7) is 8.69. The van der Waals surface area contributed by atoms with E-state index in [9.17, 15) is 0 Å². The highest BCUT2D eigenvalue weighted by molar-refractivity contribution is 5.82. The second-order valence-corrected chi connectivity index (χ2v) is 5.53. The molecule has 0 saturated carbocycles. The van der Waals surface area contributed by atoms with Gasteiger partial charge in [-0.05, 0) is 31.5 Å². The fraction of sp³-hybridized carbons (Fsp3) is 0.438. The van der Waals surface area contributed by atoms with Crippen LogP contribution in [0, 0.1) is 6.92 Å². The summed E-state index contributed by atoms with van der Waals surface area (Å²) in [6, 6.07) is 11.3. The van der Waals surface area contributed by atoms with E-state index >= 15 is 0 Å². The number of nitrogens with one attached hydrogen (secondary N) is 1. The molecule has 0 aliphatic carbocycles. The van der Waals surface area contributed by atoms with Gasteiger partial charge in [0.15, 0.2) is 0 Å². The molecule has 100 valence electrons. The molecule has 2 aromatic rings. The number of piperazine rings is 1. The first kappa shape index (κ1) is 12.6. The lowest BCUT2D eigenvalue weighted by Gasteiger charge is -2.32. The molecule has 1 aliphatic heterocycles. The van der Waals surface area contributed by atoms with Crippen LogP contribution in [0.3, 0.4) is 0 Å². The Morgan fingerprint density at radius 2 is 2.21 bits per heavy atom. The van der Waals surface area contributed by atoms with Gasteiger partial charge in [-0.3, -0.25) is 9.88 Å². The minimum Gasteiger partial charge on any atom is -0.312 e. The van der Waals surface area contributed by atoms with Gasteiger partial charge in [0, 0.05) is 43.3 Å². The minimum absolute atomic E-state index is 0.586. The third kappa shape index (κ3) is 2.77. The molecule has 1 aliphatic rings. The lowest BCUT2D eigenvalue weighted by Crippen LogP contribution is -2.48. The molecule has 3 rings (SSSR count). The number of benzene rings is 1. The molecule has 1 atom stereocenters. The van der Waals surface area contributed by atoms with Gasteiger partial charge in [0.05, 0.1) is 5.52 Å². The molecule has 0 amide bonds. The Bertz CT molecular complexity index is 579. The number of rotatable bonds is 2. The van der Waals surface area contributed by atoms with Gasteiger partial charge < -0.3 is 5.32 Å². The van der Waals surface area contributed by atoms with Gasteiger partial charge in [0.25, 0.3) is 0 Å². The van der Waals surface area contributed by atoms with Crippen LogP contribution >= 0.6 is 0 Å². The monoisotopic (exact) mass is 255 g/mol. The summed E-state index contributed by atoms with van der Waals surface area (Å²) >= 11 is 0. The lowest BCUT2D eigenvalue weighted by molar-refractivity contribution is 0.200. The Morgan fingerprint density at radius 3 is 3.05 bits per heavy atom. The van der Waals surface area contributed by atoms with Crippen LogP contribution in [0.1, 0.15) is 18.2 Å². The number of aromatic nitrogens is 1. The van der Waals surface area contributed by atoms with E-state index in [4.69, 9.17) is 0 Å². The van der Waals surface area contributed by atoms with Crippen LogP contribution in [0.2, 0.25) is 0 Å². The van der Waals surface area contributed by atoms with Gasteiger partial charge in [-0.15, -0.1) is 0 Å². The third-order valence-electron chi connectivity index (χ3n) is 3.78. The lowest BCUT2D eigenvalue weighted by atomic mass is 10.1. The van der Waals surface area contributed by atoms with Crippen LogP contribution in [0.5, 0.6) is 0 Å². The Balaban J connectivity index is 1.91. The average Bonchev–Trinajstić information content (AvgIpc) is 2.38. The van der Waals surface area contributed by atoms with E-state index in [1.54, 1.807) is 0 Å². The van der Waals surface area contributed by atoms with Crippen molar-refractivity contribution >= 4 is 10.9 Å². The summed E-state index contributed by atoms with van der Waals surface area (Å²) in [5, 5.41) is 4.78. The number of aryl methyl sites for hydroxylation is 1. The molecular weight excluding hydrogens is 234 g/mol. The summed E-state index contributed by atoms with van der Waals surface area (Å²) in [5.74, 6) is 0. The zero-order chi connectivity index (χ0) is 13.2. The van der Waals surface area contributed by atoms with Crippen LogP contribution in [-0.2, 0) is 6.54 Å². The number of hydrogen-bond donors (Lipinski definition) is 1. The number of para-hydroxylation sites is 1. The summed E-state index contributed by atoms with van der Waals surface area (Å²) in [7, 11) is 0. The first-order chi connectivity index (χ1) is 9.22. The molecule has 1 saturated heterocycles. The molecule has 1 aromatic heterocycles. The quantitative estimate of drug-likeness (QED) is 0.892. The number of nitrogens with zero attached hydrogens (tertiary/aromatic N) is 2. The molecule has 1 aromatic carbocycles. The van der Waals surface area contributed by atoms with Crippen LogP contribution in [0.15, 0.2) is 30.3 Å². The van der Waals surface area contributed by atoms with E-state index in [0.29, 0.717) is 6.04 Å². The van der Waals surface area contributed by atoms with E-state index in [1.165, 1.54) is 10.9 Å². The van der Waals surface area contributed by atoms with Gasteiger partial charge in [-0.2, -0.15) is 0 Å². The van der Waals surface area contributed by atoms with Gasteiger partial charge in [-0.25, -0.2) is 0 Å². The smallest absolute Gasteiger partial charge is 0.0708 e. The van der Waals surface area contributed by atoms with Crippen molar-refractivity contribution < 1.29 is 0 Å². The molecule has 1 fully saturated rings. The van der Waals surface area contributed by atoms with Crippen molar-refractivity contribution in [3.63, 3.8) is 0 Å². The summed E-state index contributed by atoms with van der Waals surface area (Å²) in [6.07, 6.45) is 0. The van der Waals surface area contributed by atoms with Crippen molar-refractivity contribution in [2.45, 2.75) is 26.4 Å². The number of pyridine rings is 1. The maximum atomic E-state index is 4.61. The first-order valence-electron chi connectivity index (χ1n) is 7.03. The Kier molecular flexibility index (Phi) is 3.49. The molecule has 1 unspecified atom stereocenters. The normalized spacial score (nSPS) is 20.8. The Labute approximate surface area is 114 Å². The van der Waals surface area contributed by atoms with Gasteiger partial charge in [-0.1, -0.05) is 18.2 Å². The fourth-order valence-corrected chi connectivity index (χ4v) is 2.92. The van der Waals surface area contributed by atoms with Crippen molar-refractivity contribution in [2.75, 3.05) is 19.6 Å². The molecular formula is C16H21N3. The van der Waals surface area contributed by atoms with Crippen molar-refractivity contribution in [3.05, 3.63) is 41.6 Å². The van der Waals surface area contributed by atoms with E-state index < -0.39 is 0 Å². The van der Waals surface area contributed by atoms with Crippen molar-refractivity contribution in [2.24, 2.45) is 0 Å². The van der Waals surface area contributed by atoms with Crippen LogP contribution in [0.4, 0.5) is 0 Å². The molecule has 0 bridgehead atoms. The third-order valence-corrected chi connectivity index (χ3v) is 3.78. The second kappa shape index (κ2) is 5.27. The summed E-state index contributed by atoms with van der Waals surface area (Å²) in [4.78, 5) is 7.14. The SMILES string of the molecule is Cc1cc(CN2CCNC(C)C2)c2ccccc2n1. The number of hydrogen-bond acceptors (Lipinski definition) is 3. The van der Waals surface area contributed by atoms with Crippen LogP contribution in [-0.4, -0.2) is 35.6 Å². The molecule has 3 heteroatoms. The Hall–Kier alpha value is -1.45. The minimum atomic E-state index is 0.586. The van der Waals surface area contributed by atoms with Crippen molar-refractivity contribution in [1.29, 1.82) is 0 Å². The molecule has 0 spiro atoms. The van der Waals surface area contributed by atoms with E-state index in [-0.39, 0.29) is 0 Å². The first-order valence-corrected chi connectivity index (χ1v) is 7.03. The highest BCUT2D eigenvalue weighted by Gasteiger charge is 2.16. The molecule has 19 heavy (non-hydrogen) atoms. The molecule has 0 radical (unpaired) electrons. The van der Waals surface area contributed by atoms with E-state index in [0.717, 1.165) is 37.4 Å². The summed E-state index contributed by atoms with van der Waals surface area (Å²) in [5.41, 5.74) is 3.62. The topological polar surface area (TPSA) is 28.2 Å². The van der Waals surface area contributed by atoms with Gasteiger partial charge in [0.1, 0.15) is 0 Å². The fourth-order valence-electron chi connectivity index (χ4n) is 2.92. The van der Waals surface area contributed by atoms with Crippen molar-refractivity contribution in [1.82, 2.24) is 15.2 Å². The highest BCUT2D eigenvalue weighted by atomic mass is 15.2. The summed E-state index contributed by atoms with van der Waals surface area (Å²) < 4.78 is 0. The Morgan fingerprint density at radius 1 is 1.37 bits per heavy atom. The number of fused-ring (bicyclic) bond motifs is 1. The maximum absolute atomic E-state index is 4.61. The van der Waals surface area contributed by atoms with Crippen LogP contribution < -0.4 is 5.32 Å². The molecule has 3 nitrogen and oxygen atoms in total. The van der Waals surface area contributed by atoms with Crippen LogP contribution in [0.25, 0.3) is 10.9 Å². The predicted octanol–water partition coefficient (Wildman–Crippen LogP) is 2.34. The van der Waals surface area contributed by atoms with Crippen molar-refractivity contribution in [3.8, 4) is 0 Å². The zero-order valence-electron chi connectivity index (χ0n) is 11.7. The van der Waals surface area contributed by atoms with E-state index in [1.807, 2.05) is 0 Å². The second-order valence-electron chi connectivity index (χ2n) is 5.53. The highest BCUT2D eigenvalue weighted by Crippen LogP contribution is 2.20. The zero-order valence-corrected chi connectivity index (χ0v) is 11.7. The van der Waals surface area contributed by atoms with Gasteiger partial charge in [0.2, 0.25) is 0 Å². The standard InChI is InChI=1S/C16H21N3/c1-12-9-14(11-19-8-7-17-13(2)10-19)15-5-3-4-6-16(15)18-12/h3-6,9,13,17H,7-8,10-11H2,1-2H3. The average molecular weight is 255 g/mol. The molecule has 1 N–H and O–H groups in total. The van der Waals surface area contributed by atoms with Gasteiger partial charge >= 0.3 is 0 Å². The molecule has 2 heterocycles.